The first-order chi connectivity index (χ1) is 11.1. The zero-order valence-electron chi connectivity index (χ0n) is 13.0. The maximum absolute atomic E-state index is 12.3. The number of hydrogen-bond acceptors (Lipinski definition) is 2. The summed E-state index contributed by atoms with van der Waals surface area (Å²) in [5.41, 5.74) is 3.54. The van der Waals surface area contributed by atoms with Crippen molar-refractivity contribution in [3.05, 3.63) is 54.4 Å². The topological polar surface area (TPSA) is 51.1 Å². The Bertz CT molecular complexity index is 847. The van der Waals surface area contributed by atoms with Crippen LogP contribution in [0.5, 0.6) is 0 Å². The molecule has 1 atom stereocenters. The van der Waals surface area contributed by atoms with E-state index >= 15 is 0 Å². The van der Waals surface area contributed by atoms with Gasteiger partial charge in [-0.05, 0) is 25.0 Å². The van der Waals surface area contributed by atoms with Crippen LogP contribution < -0.4 is 5.32 Å². The van der Waals surface area contributed by atoms with E-state index in [1.54, 1.807) is 10.6 Å². The molecule has 0 saturated carbocycles. The van der Waals surface area contributed by atoms with Crippen LogP contribution in [0.3, 0.4) is 0 Å². The molecule has 0 aliphatic carbocycles. The van der Waals surface area contributed by atoms with Crippen molar-refractivity contribution in [3.8, 4) is 11.1 Å². The van der Waals surface area contributed by atoms with Gasteiger partial charge in [-0.3, -0.25) is 14.2 Å². The lowest BCUT2D eigenvalue weighted by molar-refractivity contribution is -0.116. The molecule has 3 heterocycles. The number of allylic oxidation sites excluding steroid dienone is 2. The molecule has 0 bridgehead atoms. The summed E-state index contributed by atoms with van der Waals surface area (Å²) in [7, 11) is 0. The molecule has 1 aromatic heterocycles. The number of para-hydroxylation sites is 1. The third-order valence-corrected chi connectivity index (χ3v) is 5.06. The zero-order valence-corrected chi connectivity index (χ0v) is 13.0. The lowest BCUT2D eigenvalue weighted by atomic mass is 9.74. The van der Waals surface area contributed by atoms with Gasteiger partial charge in [0, 0.05) is 46.6 Å². The van der Waals surface area contributed by atoms with E-state index in [0.29, 0.717) is 12.8 Å². The first-order valence-electron chi connectivity index (χ1n) is 7.99. The molecule has 0 spiro atoms. The van der Waals surface area contributed by atoms with E-state index < -0.39 is 0 Å². The Hall–Kier alpha value is -2.62. The van der Waals surface area contributed by atoms with Gasteiger partial charge >= 0.3 is 0 Å². The van der Waals surface area contributed by atoms with Gasteiger partial charge in [0.25, 0.3) is 5.91 Å². The summed E-state index contributed by atoms with van der Waals surface area (Å²) in [4.78, 5) is 24.6. The van der Waals surface area contributed by atoms with Crippen molar-refractivity contribution in [2.45, 2.75) is 31.6 Å². The fourth-order valence-corrected chi connectivity index (χ4v) is 3.77. The monoisotopic (exact) mass is 306 g/mol. The number of carbonyl (C=O) groups excluding carboxylic acids is 2. The van der Waals surface area contributed by atoms with Gasteiger partial charge in [-0.15, -0.1) is 0 Å². The molecular formula is C19H18N2O2. The number of amides is 1. The van der Waals surface area contributed by atoms with Crippen LogP contribution >= 0.6 is 0 Å². The second-order valence-electron chi connectivity index (χ2n) is 6.22. The summed E-state index contributed by atoms with van der Waals surface area (Å²) in [6.07, 6.45) is 7.47. The highest BCUT2D eigenvalue weighted by Crippen LogP contribution is 2.45. The average molecular weight is 306 g/mol. The molecule has 116 valence electrons. The molecule has 4 heteroatoms. The predicted molar refractivity (Wildman–Crippen MR) is 89.5 cm³/mol. The van der Waals surface area contributed by atoms with Crippen molar-refractivity contribution in [1.82, 2.24) is 4.57 Å². The van der Waals surface area contributed by atoms with Gasteiger partial charge in [0.05, 0.1) is 0 Å². The van der Waals surface area contributed by atoms with Gasteiger partial charge in [0.15, 0.2) is 0 Å². The lowest BCUT2D eigenvalue weighted by Gasteiger charge is -2.34. The Kier molecular flexibility index (Phi) is 3.01. The molecule has 0 saturated heterocycles. The summed E-state index contributed by atoms with van der Waals surface area (Å²) in [6.45, 7) is 2.11. The SMILES string of the molecule is CCC12C=CC(=O)n3ccc(c31)-c1ccccc1NC(=O)CC2. The maximum atomic E-state index is 12.3. The summed E-state index contributed by atoms with van der Waals surface area (Å²) < 4.78 is 1.74. The van der Waals surface area contributed by atoms with Crippen LogP contribution in [0.4, 0.5) is 5.69 Å². The fourth-order valence-electron chi connectivity index (χ4n) is 3.77. The van der Waals surface area contributed by atoms with Crippen molar-refractivity contribution in [2.75, 3.05) is 5.32 Å². The predicted octanol–water partition coefficient (Wildman–Crippen LogP) is 3.75. The van der Waals surface area contributed by atoms with Crippen molar-refractivity contribution >= 4 is 17.5 Å². The molecule has 2 aliphatic rings. The van der Waals surface area contributed by atoms with Crippen molar-refractivity contribution in [3.63, 3.8) is 0 Å². The van der Waals surface area contributed by atoms with E-state index in [1.165, 1.54) is 0 Å². The van der Waals surface area contributed by atoms with Crippen LogP contribution in [0, 0.1) is 0 Å². The molecule has 1 N–H and O–H groups in total. The van der Waals surface area contributed by atoms with Gasteiger partial charge in [-0.1, -0.05) is 31.2 Å². The van der Waals surface area contributed by atoms with Crippen molar-refractivity contribution in [1.29, 1.82) is 0 Å². The van der Waals surface area contributed by atoms with Gasteiger partial charge < -0.3 is 5.32 Å². The zero-order chi connectivity index (χ0) is 16.0. The first-order valence-corrected chi connectivity index (χ1v) is 7.99. The van der Waals surface area contributed by atoms with Crippen LogP contribution in [0.2, 0.25) is 0 Å². The highest BCUT2D eigenvalue weighted by molar-refractivity contribution is 5.99. The minimum Gasteiger partial charge on any atom is -0.326 e. The lowest BCUT2D eigenvalue weighted by Crippen LogP contribution is -2.33. The molecule has 2 aliphatic heterocycles. The van der Waals surface area contributed by atoms with Crippen LogP contribution in [0.25, 0.3) is 11.1 Å². The summed E-state index contributed by atoms with van der Waals surface area (Å²) in [6, 6.07) is 9.77. The van der Waals surface area contributed by atoms with E-state index in [0.717, 1.165) is 28.9 Å². The largest absolute Gasteiger partial charge is 0.326 e. The summed E-state index contributed by atoms with van der Waals surface area (Å²) in [5, 5.41) is 3.01. The molecule has 0 radical (unpaired) electrons. The summed E-state index contributed by atoms with van der Waals surface area (Å²) in [5.74, 6) is -0.00128. The molecule has 1 amide bonds. The molecule has 1 aromatic carbocycles. The van der Waals surface area contributed by atoms with Crippen LogP contribution in [-0.2, 0) is 10.2 Å². The van der Waals surface area contributed by atoms with Crippen LogP contribution in [0.1, 0.15) is 36.7 Å². The van der Waals surface area contributed by atoms with Gasteiger partial charge in [0.2, 0.25) is 5.91 Å². The van der Waals surface area contributed by atoms with E-state index in [4.69, 9.17) is 0 Å². The average Bonchev–Trinajstić information content (AvgIpc) is 3.02. The second-order valence-corrected chi connectivity index (χ2v) is 6.22. The van der Waals surface area contributed by atoms with Gasteiger partial charge in [-0.2, -0.15) is 0 Å². The van der Waals surface area contributed by atoms with Crippen LogP contribution in [0.15, 0.2) is 48.7 Å². The number of anilines is 1. The molecule has 2 aromatic rings. The third-order valence-electron chi connectivity index (χ3n) is 5.06. The fraction of sp³-hybridized carbons (Fsp3) is 0.263. The normalized spacial score (nSPS) is 22.5. The second kappa shape index (κ2) is 4.95. The minimum absolute atomic E-state index is 0.0206. The Morgan fingerprint density at radius 3 is 2.83 bits per heavy atom. The quantitative estimate of drug-likeness (QED) is 0.872. The van der Waals surface area contributed by atoms with Gasteiger partial charge in [-0.25, -0.2) is 0 Å². The maximum Gasteiger partial charge on any atom is 0.254 e. The number of hydrogen-bond donors (Lipinski definition) is 1. The standard InChI is InChI=1S/C19H18N2O2/c1-2-19-10-7-16(22)20-15-6-4-3-5-13(15)14-9-12-21(18(14)19)17(23)8-11-19/h3-6,8-9,11-12H,2,7,10H2,1H3,(H,20,22). The Morgan fingerprint density at radius 2 is 2.00 bits per heavy atom. The molecular weight excluding hydrogens is 288 g/mol. The number of fused-ring (bicyclic) bond motifs is 2. The number of nitrogens with zero attached hydrogens (tertiary/aromatic N) is 1. The molecule has 23 heavy (non-hydrogen) atoms. The molecule has 0 fully saturated rings. The Labute approximate surface area is 134 Å². The van der Waals surface area contributed by atoms with Crippen LogP contribution in [-0.4, -0.2) is 16.4 Å². The Morgan fingerprint density at radius 1 is 1.17 bits per heavy atom. The van der Waals surface area contributed by atoms with Crippen molar-refractivity contribution in [2.24, 2.45) is 0 Å². The number of rotatable bonds is 1. The highest BCUT2D eigenvalue weighted by atomic mass is 16.2. The minimum atomic E-state index is -0.276. The number of benzene rings is 1. The summed E-state index contributed by atoms with van der Waals surface area (Å²) >= 11 is 0. The van der Waals surface area contributed by atoms with Crippen molar-refractivity contribution < 1.29 is 9.59 Å². The molecule has 1 unspecified atom stereocenters. The number of aromatic nitrogens is 1. The molecule has 4 rings (SSSR count). The van der Waals surface area contributed by atoms with E-state index in [2.05, 4.69) is 12.2 Å². The van der Waals surface area contributed by atoms with E-state index in [-0.39, 0.29) is 17.2 Å². The Balaban J connectivity index is 2.05. The third kappa shape index (κ3) is 1.98. The van der Waals surface area contributed by atoms with E-state index in [9.17, 15) is 9.59 Å². The first kappa shape index (κ1) is 14.0. The number of carbonyl (C=O) groups is 2. The highest BCUT2D eigenvalue weighted by Gasteiger charge is 2.38. The smallest absolute Gasteiger partial charge is 0.254 e. The van der Waals surface area contributed by atoms with E-state index in [1.807, 2.05) is 42.6 Å². The molecule has 4 nitrogen and oxygen atoms in total. The number of nitrogens with one attached hydrogen (secondary N) is 1. The van der Waals surface area contributed by atoms with Gasteiger partial charge in [0.1, 0.15) is 0 Å².